The summed E-state index contributed by atoms with van der Waals surface area (Å²) in [6, 6.07) is 0.404. The molecule has 2 fully saturated rings. The largest absolute Gasteiger partial charge is 0.389 e. The van der Waals surface area contributed by atoms with Gasteiger partial charge in [0, 0.05) is 13.1 Å². The highest BCUT2D eigenvalue weighted by molar-refractivity contribution is 4.94. The molecule has 1 atom stereocenters. The van der Waals surface area contributed by atoms with E-state index >= 15 is 0 Å². The van der Waals surface area contributed by atoms with Crippen LogP contribution in [0.3, 0.4) is 0 Å². The Morgan fingerprint density at radius 3 is 2.59 bits per heavy atom. The maximum atomic E-state index is 10.9. The number of piperidine rings is 1. The van der Waals surface area contributed by atoms with Crippen molar-refractivity contribution in [1.82, 2.24) is 19.7 Å². The van der Waals surface area contributed by atoms with Crippen molar-refractivity contribution in [2.45, 2.75) is 70.9 Å². The van der Waals surface area contributed by atoms with Crippen molar-refractivity contribution in [3.63, 3.8) is 0 Å². The van der Waals surface area contributed by atoms with Gasteiger partial charge in [-0.25, -0.2) is 9.67 Å². The molecule has 1 N–H and O–H groups in total. The zero-order chi connectivity index (χ0) is 15.7. The lowest BCUT2D eigenvalue weighted by atomic mass is 9.79. The molecule has 0 amide bonds. The number of rotatable bonds is 3. The maximum absolute atomic E-state index is 10.9. The molecule has 2 aliphatic rings. The molecule has 5 heteroatoms. The molecular weight excluding hydrogens is 276 g/mol. The van der Waals surface area contributed by atoms with Crippen LogP contribution < -0.4 is 0 Å². The number of hydrogen-bond acceptors (Lipinski definition) is 4. The molecule has 1 saturated carbocycles. The molecule has 1 aromatic heterocycles. The van der Waals surface area contributed by atoms with Crippen LogP contribution in [-0.4, -0.2) is 50.0 Å². The van der Waals surface area contributed by atoms with E-state index in [9.17, 15) is 5.11 Å². The van der Waals surface area contributed by atoms with Crippen molar-refractivity contribution in [3.05, 3.63) is 11.6 Å². The van der Waals surface area contributed by atoms with Gasteiger partial charge in [-0.1, -0.05) is 6.92 Å². The zero-order valence-corrected chi connectivity index (χ0v) is 14.3. The van der Waals surface area contributed by atoms with Gasteiger partial charge >= 0.3 is 0 Å². The highest BCUT2D eigenvalue weighted by Crippen LogP contribution is 2.33. The Kier molecular flexibility index (Phi) is 4.55. The first kappa shape index (κ1) is 15.9. The van der Waals surface area contributed by atoms with Crippen LogP contribution in [-0.2, 0) is 0 Å². The van der Waals surface area contributed by atoms with E-state index in [1.807, 2.05) is 13.8 Å². The van der Waals surface area contributed by atoms with Gasteiger partial charge in [0.05, 0.1) is 11.6 Å². The van der Waals surface area contributed by atoms with Gasteiger partial charge in [-0.05, 0) is 64.8 Å². The predicted octanol–water partition coefficient (Wildman–Crippen LogP) is 2.47. The lowest BCUT2D eigenvalue weighted by Gasteiger charge is -2.41. The molecule has 1 unspecified atom stereocenters. The summed E-state index contributed by atoms with van der Waals surface area (Å²) < 4.78 is 2.09. The number of aromatic nitrogens is 3. The summed E-state index contributed by atoms with van der Waals surface area (Å²) in [5.74, 6) is 2.64. The Morgan fingerprint density at radius 2 is 1.95 bits per heavy atom. The molecule has 1 aliphatic carbocycles. The Labute approximate surface area is 133 Å². The van der Waals surface area contributed by atoms with E-state index in [0.29, 0.717) is 6.04 Å². The Bertz CT molecular complexity index is 505. The quantitative estimate of drug-likeness (QED) is 0.932. The van der Waals surface area contributed by atoms with Crippen molar-refractivity contribution in [2.24, 2.45) is 5.92 Å². The molecule has 3 rings (SSSR count). The first-order chi connectivity index (χ1) is 10.5. The minimum absolute atomic E-state index is 0.404. The molecular formula is C17H30N4O. The van der Waals surface area contributed by atoms with Gasteiger partial charge in [-0.2, -0.15) is 5.10 Å². The summed E-state index contributed by atoms with van der Waals surface area (Å²) in [5, 5.41) is 15.4. The van der Waals surface area contributed by atoms with Crippen LogP contribution in [0.1, 0.15) is 63.1 Å². The van der Waals surface area contributed by atoms with Crippen molar-refractivity contribution >= 4 is 0 Å². The Balaban J connectivity index is 1.62. The molecule has 2 heterocycles. The number of hydrogen-bond donors (Lipinski definition) is 1. The summed E-state index contributed by atoms with van der Waals surface area (Å²) >= 11 is 0. The van der Waals surface area contributed by atoms with Gasteiger partial charge < -0.3 is 5.11 Å². The lowest BCUT2D eigenvalue weighted by Crippen LogP contribution is -2.48. The topological polar surface area (TPSA) is 54.2 Å². The molecule has 1 saturated heterocycles. The van der Waals surface area contributed by atoms with Crippen molar-refractivity contribution < 1.29 is 5.11 Å². The second kappa shape index (κ2) is 6.28. The summed E-state index contributed by atoms with van der Waals surface area (Å²) in [6.07, 6.45) is 6.57. The fraction of sp³-hybridized carbons (Fsp3) is 0.882. The molecule has 5 nitrogen and oxygen atoms in total. The number of nitrogens with zero attached hydrogens (tertiary/aromatic N) is 4. The predicted molar refractivity (Wildman–Crippen MR) is 86.8 cm³/mol. The van der Waals surface area contributed by atoms with Crippen LogP contribution in [0.4, 0.5) is 0 Å². The highest BCUT2D eigenvalue weighted by Gasteiger charge is 2.35. The van der Waals surface area contributed by atoms with Gasteiger partial charge in [0.15, 0.2) is 0 Å². The maximum Gasteiger partial charge on any atom is 0.147 e. The van der Waals surface area contributed by atoms with Crippen LogP contribution >= 0.6 is 0 Å². The van der Waals surface area contributed by atoms with Crippen molar-refractivity contribution in [3.8, 4) is 0 Å². The summed E-state index contributed by atoms with van der Waals surface area (Å²) in [6.45, 7) is 9.20. The minimum atomic E-state index is -0.471. The van der Waals surface area contributed by atoms with Crippen molar-refractivity contribution in [1.29, 1.82) is 0 Å². The van der Waals surface area contributed by atoms with Crippen LogP contribution in [0.25, 0.3) is 0 Å². The van der Waals surface area contributed by atoms with E-state index in [2.05, 4.69) is 26.6 Å². The number of β-amino-alcohol motifs (C(OH)–C–C–N with tert-alkyl or cyclic N) is 1. The molecule has 0 aromatic carbocycles. The molecule has 0 spiro atoms. The van der Waals surface area contributed by atoms with E-state index in [1.165, 1.54) is 6.42 Å². The minimum Gasteiger partial charge on any atom is -0.389 e. The van der Waals surface area contributed by atoms with Gasteiger partial charge in [-0.3, -0.25) is 4.90 Å². The number of likely N-dealkylation sites (tertiary alicyclic amines) is 1. The fourth-order valence-corrected chi connectivity index (χ4v) is 4.13. The average molecular weight is 306 g/mol. The lowest BCUT2D eigenvalue weighted by molar-refractivity contribution is -0.0422. The van der Waals surface area contributed by atoms with Crippen molar-refractivity contribution in [2.75, 3.05) is 19.6 Å². The van der Waals surface area contributed by atoms with Gasteiger partial charge in [-0.15, -0.1) is 0 Å². The summed E-state index contributed by atoms with van der Waals surface area (Å²) in [5.41, 5.74) is -0.471. The standard InChI is InChI=1S/C17H30N4O/c1-13-6-8-17(22,9-7-13)12-20-10-4-5-16(11-20)21-15(3)18-14(2)19-21/h13,16,22H,4-12H2,1-3H3. The Hall–Kier alpha value is -0.940. The van der Waals surface area contributed by atoms with E-state index in [0.717, 1.165) is 69.3 Å². The van der Waals surface area contributed by atoms with E-state index < -0.39 is 5.60 Å². The molecule has 22 heavy (non-hydrogen) atoms. The van der Waals surface area contributed by atoms with E-state index in [4.69, 9.17) is 0 Å². The number of aryl methyl sites for hydroxylation is 2. The summed E-state index contributed by atoms with van der Waals surface area (Å²) in [7, 11) is 0. The molecule has 0 radical (unpaired) electrons. The highest BCUT2D eigenvalue weighted by atomic mass is 16.3. The molecule has 124 valence electrons. The second-order valence-electron chi connectivity index (χ2n) is 7.59. The zero-order valence-electron chi connectivity index (χ0n) is 14.3. The first-order valence-electron chi connectivity index (χ1n) is 8.80. The first-order valence-corrected chi connectivity index (χ1v) is 8.80. The van der Waals surface area contributed by atoms with Gasteiger partial charge in [0.2, 0.25) is 0 Å². The van der Waals surface area contributed by atoms with Crippen LogP contribution in [0.5, 0.6) is 0 Å². The van der Waals surface area contributed by atoms with Crippen LogP contribution in [0, 0.1) is 19.8 Å². The third-order valence-electron chi connectivity index (χ3n) is 5.46. The smallest absolute Gasteiger partial charge is 0.147 e. The number of aliphatic hydroxyl groups is 1. The van der Waals surface area contributed by atoms with E-state index in [-0.39, 0.29) is 0 Å². The van der Waals surface area contributed by atoms with Gasteiger partial charge in [0.25, 0.3) is 0 Å². The monoisotopic (exact) mass is 306 g/mol. The third kappa shape index (κ3) is 3.51. The SMILES string of the molecule is Cc1nc(C)n(C2CCCN(CC3(O)CCC(C)CC3)C2)n1. The van der Waals surface area contributed by atoms with E-state index in [1.54, 1.807) is 0 Å². The molecule has 1 aromatic rings. The third-order valence-corrected chi connectivity index (χ3v) is 5.46. The normalized spacial score (nSPS) is 34.0. The van der Waals surface area contributed by atoms with Crippen LogP contribution in [0.15, 0.2) is 0 Å². The van der Waals surface area contributed by atoms with Gasteiger partial charge in [0.1, 0.15) is 11.6 Å². The molecule has 0 bridgehead atoms. The average Bonchev–Trinajstić information content (AvgIpc) is 2.82. The summed E-state index contributed by atoms with van der Waals surface area (Å²) in [4.78, 5) is 6.88. The second-order valence-corrected chi connectivity index (χ2v) is 7.59. The van der Waals surface area contributed by atoms with Crippen LogP contribution in [0.2, 0.25) is 0 Å². The fourth-order valence-electron chi connectivity index (χ4n) is 4.13. The molecule has 1 aliphatic heterocycles. The Morgan fingerprint density at radius 1 is 1.23 bits per heavy atom.